The number of aromatic hydroxyl groups is 1. The van der Waals surface area contributed by atoms with Gasteiger partial charge in [-0.15, -0.1) is 0 Å². The molecule has 0 radical (unpaired) electrons. The summed E-state index contributed by atoms with van der Waals surface area (Å²) < 4.78 is 5.14. The molecule has 23 heavy (non-hydrogen) atoms. The van der Waals surface area contributed by atoms with Crippen molar-refractivity contribution in [1.82, 2.24) is 0 Å². The fraction of sp³-hybridized carbons (Fsp3) is 0.278. The Morgan fingerprint density at radius 1 is 1.30 bits per heavy atom. The molecule has 1 heterocycles. The second-order valence-corrected chi connectivity index (χ2v) is 5.95. The monoisotopic (exact) mass is 331 g/mol. The number of likely N-dealkylation sites (N-methyl/N-ethyl adjacent to an activating group) is 1. The third-order valence-electron chi connectivity index (χ3n) is 4.26. The molecule has 0 fully saturated rings. The summed E-state index contributed by atoms with van der Waals surface area (Å²) in [4.78, 5) is 14.5. The highest BCUT2D eigenvalue weighted by molar-refractivity contribution is 6.31. The van der Waals surface area contributed by atoms with Crippen LogP contribution < -0.4 is 9.64 Å². The van der Waals surface area contributed by atoms with Crippen LogP contribution in [-0.2, 0) is 11.2 Å². The van der Waals surface area contributed by atoms with Crippen LogP contribution in [0.1, 0.15) is 24.0 Å². The van der Waals surface area contributed by atoms with Crippen LogP contribution in [0.15, 0.2) is 36.4 Å². The first-order chi connectivity index (χ1) is 11.1. The van der Waals surface area contributed by atoms with E-state index in [0.29, 0.717) is 29.3 Å². The number of ether oxygens (including phenoxy) is 1. The summed E-state index contributed by atoms with van der Waals surface area (Å²) in [6, 6.07) is 10.8. The van der Waals surface area contributed by atoms with E-state index in [1.165, 1.54) is 7.11 Å². The lowest BCUT2D eigenvalue weighted by Crippen LogP contribution is -2.29. The molecule has 0 aromatic heterocycles. The summed E-state index contributed by atoms with van der Waals surface area (Å²) in [7, 11) is 1.51. The molecule has 5 heteroatoms. The number of anilines is 1. The number of para-hydroxylation sites is 1. The summed E-state index contributed by atoms with van der Waals surface area (Å²) in [5.41, 5.74) is 2.49. The Balaban J connectivity index is 2.01. The molecule has 1 atom stereocenters. The number of phenolic OH excluding ortho intramolecular Hbond substituents is 1. The molecule has 0 spiro atoms. The number of phenols is 1. The highest BCUT2D eigenvalue weighted by Gasteiger charge is 2.37. The molecule has 1 N–H and O–H groups in total. The number of benzene rings is 2. The van der Waals surface area contributed by atoms with E-state index in [0.717, 1.165) is 11.3 Å². The van der Waals surface area contributed by atoms with Crippen molar-refractivity contribution < 1.29 is 14.6 Å². The van der Waals surface area contributed by atoms with Crippen LogP contribution in [0, 0.1) is 0 Å². The summed E-state index contributed by atoms with van der Waals surface area (Å²) in [6.45, 7) is 2.55. The van der Waals surface area contributed by atoms with Gasteiger partial charge in [-0.2, -0.15) is 0 Å². The molecule has 1 amide bonds. The summed E-state index contributed by atoms with van der Waals surface area (Å²) in [6.07, 6.45) is 0.408. The third-order valence-corrected chi connectivity index (χ3v) is 4.50. The first-order valence-corrected chi connectivity index (χ1v) is 7.90. The Hall–Kier alpha value is -2.20. The molecule has 4 nitrogen and oxygen atoms in total. The van der Waals surface area contributed by atoms with Crippen molar-refractivity contribution >= 4 is 23.2 Å². The third kappa shape index (κ3) is 2.63. The maximum atomic E-state index is 12.7. The van der Waals surface area contributed by atoms with Crippen molar-refractivity contribution in [2.24, 2.45) is 0 Å². The highest BCUT2D eigenvalue weighted by Crippen LogP contribution is 2.42. The van der Waals surface area contributed by atoms with Crippen molar-refractivity contribution in [1.29, 1.82) is 0 Å². The summed E-state index contributed by atoms with van der Waals surface area (Å²) in [5, 5.41) is 10.9. The van der Waals surface area contributed by atoms with Gasteiger partial charge in [0.05, 0.1) is 13.0 Å². The molecular weight excluding hydrogens is 314 g/mol. The zero-order valence-electron chi connectivity index (χ0n) is 13.0. The number of hydrogen-bond acceptors (Lipinski definition) is 3. The highest BCUT2D eigenvalue weighted by atomic mass is 35.5. The van der Waals surface area contributed by atoms with Gasteiger partial charge in [0, 0.05) is 17.3 Å². The first-order valence-electron chi connectivity index (χ1n) is 7.52. The van der Waals surface area contributed by atoms with Crippen LogP contribution in [0.4, 0.5) is 5.69 Å². The van der Waals surface area contributed by atoms with E-state index < -0.39 is 0 Å². The van der Waals surface area contributed by atoms with E-state index in [1.807, 2.05) is 31.2 Å². The molecule has 120 valence electrons. The lowest BCUT2D eigenvalue weighted by molar-refractivity contribution is -0.119. The minimum atomic E-state index is -0.346. The molecule has 0 bridgehead atoms. The van der Waals surface area contributed by atoms with Gasteiger partial charge in [0.25, 0.3) is 0 Å². The Labute approximate surface area is 140 Å². The zero-order chi connectivity index (χ0) is 16.6. The molecule has 0 saturated carbocycles. The number of nitrogens with zero attached hydrogens (tertiary/aromatic N) is 1. The van der Waals surface area contributed by atoms with Crippen molar-refractivity contribution in [3.8, 4) is 11.5 Å². The van der Waals surface area contributed by atoms with Crippen LogP contribution in [0.2, 0.25) is 5.02 Å². The quantitative estimate of drug-likeness (QED) is 0.928. The van der Waals surface area contributed by atoms with Gasteiger partial charge in [-0.3, -0.25) is 4.79 Å². The van der Waals surface area contributed by atoms with Crippen LogP contribution in [-0.4, -0.2) is 24.7 Å². The van der Waals surface area contributed by atoms with Crippen LogP contribution in [0.25, 0.3) is 0 Å². The molecule has 1 aliphatic rings. The molecule has 0 aliphatic carbocycles. The minimum absolute atomic E-state index is 0.0342. The number of amides is 1. The SMILES string of the molecule is CCN1C(=O)C(Cc2cccc(OC)c2O)c2cc(Cl)ccc21. The number of hydrogen-bond donors (Lipinski definition) is 1. The van der Waals surface area contributed by atoms with Crippen molar-refractivity contribution in [2.75, 3.05) is 18.6 Å². The van der Waals surface area contributed by atoms with Gasteiger partial charge in [-0.25, -0.2) is 0 Å². The summed E-state index contributed by atoms with van der Waals surface area (Å²) >= 11 is 6.11. The summed E-state index contributed by atoms with van der Waals surface area (Å²) in [5.74, 6) is 0.182. The Morgan fingerprint density at radius 3 is 2.78 bits per heavy atom. The molecule has 1 aliphatic heterocycles. The van der Waals surface area contributed by atoms with Gasteiger partial charge in [0.2, 0.25) is 5.91 Å². The number of carbonyl (C=O) groups is 1. The predicted molar refractivity (Wildman–Crippen MR) is 90.6 cm³/mol. The number of carbonyl (C=O) groups excluding carboxylic acids is 1. The van der Waals surface area contributed by atoms with Gasteiger partial charge in [0.1, 0.15) is 0 Å². The van der Waals surface area contributed by atoms with E-state index >= 15 is 0 Å². The van der Waals surface area contributed by atoms with Gasteiger partial charge in [-0.05, 0) is 48.7 Å². The van der Waals surface area contributed by atoms with E-state index in [2.05, 4.69) is 0 Å². The van der Waals surface area contributed by atoms with Crippen molar-refractivity contribution in [3.63, 3.8) is 0 Å². The average Bonchev–Trinajstić information content (AvgIpc) is 2.80. The Morgan fingerprint density at radius 2 is 2.09 bits per heavy atom. The van der Waals surface area contributed by atoms with Gasteiger partial charge >= 0.3 is 0 Å². The van der Waals surface area contributed by atoms with Crippen LogP contribution in [0.5, 0.6) is 11.5 Å². The number of rotatable bonds is 4. The normalized spacial score (nSPS) is 16.6. The van der Waals surface area contributed by atoms with Crippen molar-refractivity contribution in [2.45, 2.75) is 19.3 Å². The Bertz CT molecular complexity index is 760. The number of fused-ring (bicyclic) bond motifs is 1. The van der Waals surface area contributed by atoms with E-state index in [4.69, 9.17) is 16.3 Å². The standard InChI is InChI=1S/C18H18ClNO3/c1-3-20-15-8-7-12(19)10-13(15)14(18(20)22)9-11-5-4-6-16(23-2)17(11)21/h4-8,10,14,21H,3,9H2,1-2H3. The van der Waals surface area contributed by atoms with E-state index in [-0.39, 0.29) is 17.6 Å². The fourth-order valence-corrected chi connectivity index (χ4v) is 3.31. The van der Waals surface area contributed by atoms with Crippen molar-refractivity contribution in [3.05, 3.63) is 52.5 Å². The van der Waals surface area contributed by atoms with E-state index in [9.17, 15) is 9.90 Å². The Kier molecular flexibility index (Phi) is 4.18. The lowest BCUT2D eigenvalue weighted by Gasteiger charge is -2.16. The van der Waals surface area contributed by atoms with E-state index in [1.54, 1.807) is 17.0 Å². The topological polar surface area (TPSA) is 49.8 Å². The molecule has 3 rings (SSSR count). The maximum Gasteiger partial charge on any atom is 0.234 e. The zero-order valence-corrected chi connectivity index (χ0v) is 13.8. The smallest absolute Gasteiger partial charge is 0.234 e. The van der Waals surface area contributed by atoms with Crippen LogP contribution >= 0.6 is 11.6 Å². The minimum Gasteiger partial charge on any atom is -0.504 e. The number of halogens is 1. The largest absolute Gasteiger partial charge is 0.504 e. The first kappa shape index (κ1) is 15.7. The van der Waals surface area contributed by atoms with Gasteiger partial charge in [0.15, 0.2) is 11.5 Å². The van der Waals surface area contributed by atoms with Gasteiger partial charge in [-0.1, -0.05) is 23.7 Å². The molecule has 2 aromatic carbocycles. The number of methoxy groups -OCH3 is 1. The second-order valence-electron chi connectivity index (χ2n) is 5.51. The molecule has 1 unspecified atom stereocenters. The predicted octanol–water partition coefficient (Wildman–Crippen LogP) is 3.75. The molecular formula is C18H18ClNO3. The fourth-order valence-electron chi connectivity index (χ4n) is 3.13. The molecule has 2 aromatic rings. The molecule has 0 saturated heterocycles. The maximum absolute atomic E-state index is 12.7. The van der Waals surface area contributed by atoms with Crippen LogP contribution in [0.3, 0.4) is 0 Å². The average molecular weight is 332 g/mol. The lowest BCUT2D eigenvalue weighted by atomic mass is 9.92. The second kappa shape index (κ2) is 6.13. The van der Waals surface area contributed by atoms with Gasteiger partial charge < -0.3 is 14.7 Å².